The van der Waals surface area contributed by atoms with Gasteiger partial charge in [-0.15, -0.1) is 0 Å². The zero-order valence-corrected chi connectivity index (χ0v) is 17.2. The van der Waals surface area contributed by atoms with Crippen molar-refractivity contribution in [2.45, 2.75) is 43.0 Å². The fraction of sp³-hybridized carbons (Fsp3) is 0.579. The van der Waals surface area contributed by atoms with Crippen LogP contribution in [-0.4, -0.2) is 56.4 Å². The molecule has 3 rings (SSSR count). The predicted molar refractivity (Wildman–Crippen MR) is 109 cm³/mol. The van der Waals surface area contributed by atoms with Gasteiger partial charge in [-0.05, 0) is 12.8 Å². The van der Waals surface area contributed by atoms with E-state index in [0.29, 0.717) is 34.6 Å². The number of thioether (sulfide) groups is 1. The molecule has 2 heterocycles. The van der Waals surface area contributed by atoms with Gasteiger partial charge < -0.3 is 30.2 Å². The maximum atomic E-state index is 12.3. The van der Waals surface area contributed by atoms with Gasteiger partial charge in [0.2, 0.25) is 11.7 Å². The molecule has 3 atom stereocenters. The third kappa shape index (κ3) is 4.57. The summed E-state index contributed by atoms with van der Waals surface area (Å²) in [5, 5.41) is 9.25. The topological polar surface area (TPSA) is 97.9 Å². The third-order valence-corrected chi connectivity index (χ3v) is 6.54. The van der Waals surface area contributed by atoms with Crippen LogP contribution < -0.4 is 30.2 Å². The monoisotopic (exact) mass is 409 g/mol. The van der Waals surface area contributed by atoms with Crippen LogP contribution >= 0.6 is 11.8 Å². The molecule has 0 aromatic heterocycles. The second kappa shape index (κ2) is 9.27. The Bertz CT molecular complexity index is 705. The molecule has 3 amide bonds. The molecule has 0 unspecified atom stereocenters. The van der Waals surface area contributed by atoms with Crippen molar-refractivity contribution >= 4 is 29.4 Å². The molecule has 2 fully saturated rings. The van der Waals surface area contributed by atoms with Crippen LogP contribution in [0.5, 0.6) is 17.2 Å². The maximum absolute atomic E-state index is 12.3. The van der Waals surface area contributed by atoms with Gasteiger partial charge in [0, 0.05) is 35.2 Å². The minimum atomic E-state index is -0.0648. The summed E-state index contributed by atoms with van der Waals surface area (Å²) in [6.45, 7) is 0. The summed E-state index contributed by atoms with van der Waals surface area (Å²) in [6, 6.07) is 3.82. The highest BCUT2D eigenvalue weighted by atomic mass is 32.2. The maximum Gasteiger partial charge on any atom is 0.315 e. The van der Waals surface area contributed by atoms with E-state index in [1.807, 2.05) is 11.8 Å². The van der Waals surface area contributed by atoms with Crippen LogP contribution in [0.2, 0.25) is 0 Å². The SMILES string of the molecule is COc1cc(NC(=O)CCCC[C@@H]2SC[C@@H]3NC(=O)N[C@@H]32)cc(OC)c1OC. The molecule has 0 bridgehead atoms. The van der Waals surface area contributed by atoms with E-state index >= 15 is 0 Å². The number of methoxy groups -OCH3 is 3. The van der Waals surface area contributed by atoms with Gasteiger partial charge in [-0.3, -0.25) is 4.79 Å². The molecular weight excluding hydrogens is 382 g/mol. The van der Waals surface area contributed by atoms with Crippen molar-refractivity contribution in [1.82, 2.24) is 10.6 Å². The Balaban J connectivity index is 1.45. The van der Waals surface area contributed by atoms with E-state index in [-0.39, 0.29) is 24.0 Å². The quantitative estimate of drug-likeness (QED) is 0.428. The molecule has 2 aliphatic heterocycles. The molecule has 1 aromatic rings. The minimum Gasteiger partial charge on any atom is -0.493 e. The minimum absolute atomic E-state index is 0.0536. The Morgan fingerprint density at radius 1 is 1.14 bits per heavy atom. The number of nitrogens with one attached hydrogen (secondary N) is 3. The summed E-state index contributed by atoms with van der Waals surface area (Å²) in [5.74, 6) is 2.38. The average molecular weight is 410 g/mol. The van der Waals surface area contributed by atoms with Crippen LogP contribution in [0.25, 0.3) is 0 Å². The highest BCUT2D eigenvalue weighted by molar-refractivity contribution is 8.00. The summed E-state index contributed by atoms with van der Waals surface area (Å²) in [5.41, 5.74) is 0.605. The van der Waals surface area contributed by atoms with Gasteiger partial charge in [0.25, 0.3) is 0 Å². The number of ether oxygens (including phenoxy) is 3. The molecule has 154 valence electrons. The average Bonchev–Trinajstić information content (AvgIpc) is 3.23. The van der Waals surface area contributed by atoms with Gasteiger partial charge >= 0.3 is 6.03 Å². The molecule has 0 radical (unpaired) electrons. The molecular formula is C19H27N3O5S. The van der Waals surface area contributed by atoms with Gasteiger partial charge in [0.05, 0.1) is 33.4 Å². The van der Waals surface area contributed by atoms with Crippen LogP contribution in [0.1, 0.15) is 25.7 Å². The number of carbonyl (C=O) groups is 2. The zero-order valence-electron chi connectivity index (χ0n) is 16.4. The molecule has 1 aromatic carbocycles. The zero-order chi connectivity index (χ0) is 20.1. The molecule has 2 aliphatic rings. The third-order valence-electron chi connectivity index (χ3n) is 5.03. The lowest BCUT2D eigenvalue weighted by molar-refractivity contribution is -0.116. The lowest BCUT2D eigenvalue weighted by atomic mass is 10.0. The number of fused-ring (bicyclic) bond motifs is 1. The first-order chi connectivity index (χ1) is 13.5. The number of hydrogen-bond acceptors (Lipinski definition) is 6. The van der Waals surface area contributed by atoms with Crippen LogP contribution in [0.3, 0.4) is 0 Å². The van der Waals surface area contributed by atoms with Gasteiger partial charge in [-0.2, -0.15) is 11.8 Å². The second-order valence-corrected chi connectivity index (χ2v) is 8.10. The number of urea groups is 1. The van der Waals surface area contributed by atoms with E-state index in [0.717, 1.165) is 25.0 Å². The lowest BCUT2D eigenvalue weighted by Gasteiger charge is -2.16. The number of hydrogen-bond donors (Lipinski definition) is 3. The van der Waals surface area contributed by atoms with Crippen molar-refractivity contribution in [1.29, 1.82) is 0 Å². The van der Waals surface area contributed by atoms with Gasteiger partial charge in [-0.25, -0.2) is 4.79 Å². The highest BCUT2D eigenvalue weighted by Gasteiger charge is 2.42. The van der Waals surface area contributed by atoms with Crippen LogP contribution in [0.15, 0.2) is 12.1 Å². The first kappa shape index (κ1) is 20.4. The summed E-state index contributed by atoms with van der Waals surface area (Å²) in [6.07, 6.45) is 3.17. The van der Waals surface area contributed by atoms with Crippen molar-refractivity contribution in [3.8, 4) is 17.2 Å². The van der Waals surface area contributed by atoms with E-state index in [1.165, 1.54) is 21.3 Å². The smallest absolute Gasteiger partial charge is 0.315 e. The fourth-order valence-electron chi connectivity index (χ4n) is 3.65. The Labute approximate surface area is 169 Å². The number of benzene rings is 1. The van der Waals surface area contributed by atoms with E-state index < -0.39 is 0 Å². The second-order valence-electron chi connectivity index (χ2n) is 6.83. The summed E-state index contributed by atoms with van der Waals surface area (Å²) in [7, 11) is 4.62. The van der Waals surface area contributed by atoms with Gasteiger partial charge in [-0.1, -0.05) is 6.42 Å². The molecule has 8 nitrogen and oxygen atoms in total. The van der Waals surface area contributed by atoms with Crippen molar-refractivity contribution in [2.75, 3.05) is 32.4 Å². The summed E-state index contributed by atoms with van der Waals surface area (Å²) >= 11 is 1.89. The molecule has 0 spiro atoms. The fourth-order valence-corrected chi connectivity index (χ4v) is 5.19. The van der Waals surface area contributed by atoms with Gasteiger partial charge in [0.15, 0.2) is 11.5 Å². The molecule has 0 aliphatic carbocycles. The van der Waals surface area contributed by atoms with Crippen LogP contribution in [0.4, 0.5) is 10.5 Å². The predicted octanol–water partition coefficient (Wildman–Crippen LogP) is 2.38. The number of anilines is 1. The van der Waals surface area contributed by atoms with E-state index in [2.05, 4.69) is 16.0 Å². The van der Waals surface area contributed by atoms with E-state index in [1.54, 1.807) is 12.1 Å². The van der Waals surface area contributed by atoms with Crippen molar-refractivity contribution in [3.05, 3.63) is 12.1 Å². The Morgan fingerprint density at radius 2 is 1.86 bits per heavy atom. The van der Waals surface area contributed by atoms with Crippen LogP contribution in [0, 0.1) is 0 Å². The van der Waals surface area contributed by atoms with Crippen molar-refractivity contribution in [3.63, 3.8) is 0 Å². The molecule has 0 saturated carbocycles. The van der Waals surface area contributed by atoms with Gasteiger partial charge in [0.1, 0.15) is 0 Å². The first-order valence-corrected chi connectivity index (χ1v) is 10.4. The molecule has 9 heteroatoms. The molecule has 28 heavy (non-hydrogen) atoms. The first-order valence-electron chi connectivity index (χ1n) is 9.34. The normalized spacial score (nSPS) is 22.8. The number of amides is 3. The molecule has 3 N–H and O–H groups in total. The number of carbonyl (C=O) groups excluding carboxylic acids is 2. The standard InChI is InChI=1S/C19H27N3O5S/c1-25-13-8-11(9-14(26-2)18(13)27-3)20-16(23)7-5-4-6-15-17-12(10-28-15)21-19(24)22-17/h8-9,12,15,17H,4-7,10H2,1-3H3,(H,20,23)(H2,21,22,24)/t12-,15-,17-/m0/s1. The largest absolute Gasteiger partial charge is 0.493 e. The summed E-state index contributed by atoms with van der Waals surface area (Å²) in [4.78, 5) is 23.7. The van der Waals surface area contributed by atoms with Crippen molar-refractivity contribution in [2.24, 2.45) is 0 Å². The summed E-state index contributed by atoms with van der Waals surface area (Å²) < 4.78 is 15.9. The van der Waals surface area contributed by atoms with E-state index in [4.69, 9.17) is 14.2 Å². The lowest BCUT2D eigenvalue weighted by Crippen LogP contribution is -2.36. The highest BCUT2D eigenvalue weighted by Crippen LogP contribution is 2.40. The van der Waals surface area contributed by atoms with E-state index in [9.17, 15) is 9.59 Å². The van der Waals surface area contributed by atoms with Crippen molar-refractivity contribution < 1.29 is 23.8 Å². The Kier molecular flexibility index (Phi) is 6.77. The number of unbranched alkanes of at least 4 members (excludes halogenated alkanes) is 1. The number of rotatable bonds is 9. The Morgan fingerprint density at radius 3 is 2.50 bits per heavy atom. The van der Waals surface area contributed by atoms with Crippen LogP contribution in [-0.2, 0) is 4.79 Å². The Hall–Kier alpha value is -2.29. The molecule has 2 saturated heterocycles.